The Balaban J connectivity index is 1.58. The number of nitrogens with one attached hydrogen (secondary N) is 1. The van der Waals surface area contributed by atoms with Crippen LogP contribution in [0.15, 0.2) is 0 Å². The molecule has 3 aliphatic rings. The first-order chi connectivity index (χ1) is 8.92. The highest BCUT2D eigenvalue weighted by molar-refractivity contribution is 5.12. The minimum Gasteiger partial charge on any atom is -0.313 e. The van der Waals surface area contributed by atoms with Gasteiger partial charge in [-0.15, -0.1) is 0 Å². The van der Waals surface area contributed by atoms with E-state index in [1.54, 1.807) is 0 Å². The van der Waals surface area contributed by atoms with Crippen LogP contribution >= 0.6 is 0 Å². The molecule has 3 saturated carbocycles. The van der Waals surface area contributed by atoms with E-state index in [0.29, 0.717) is 10.8 Å². The third-order valence-corrected chi connectivity index (χ3v) is 7.02. The summed E-state index contributed by atoms with van der Waals surface area (Å²) in [5.41, 5.74) is 1.12. The lowest BCUT2D eigenvalue weighted by Crippen LogP contribution is -2.51. The molecule has 0 aromatic rings. The number of fused-ring (bicyclic) bond motifs is 2. The molecule has 110 valence electrons. The fourth-order valence-electron chi connectivity index (χ4n) is 5.63. The predicted molar refractivity (Wildman–Crippen MR) is 82.1 cm³/mol. The molecule has 0 aromatic carbocycles. The Bertz CT molecular complexity index is 322. The summed E-state index contributed by atoms with van der Waals surface area (Å²) in [6, 6.07) is 0.762. The monoisotopic (exact) mass is 263 g/mol. The van der Waals surface area contributed by atoms with Crippen LogP contribution in [0.1, 0.15) is 72.6 Å². The molecule has 0 radical (unpaired) electrons. The van der Waals surface area contributed by atoms with Crippen molar-refractivity contribution in [1.82, 2.24) is 5.32 Å². The summed E-state index contributed by atoms with van der Waals surface area (Å²) in [6.45, 7) is 11.3. The normalized spacial score (nSPS) is 48.6. The molecule has 1 unspecified atom stereocenters. The maximum atomic E-state index is 4.03. The average Bonchev–Trinajstić information content (AvgIpc) is 2.82. The Morgan fingerprint density at radius 2 is 1.68 bits per heavy atom. The molecule has 3 fully saturated rings. The third kappa shape index (κ3) is 2.37. The van der Waals surface area contributed by atoms with Crippen molar-refractivity contribution in [3.05, 3.63) is 0 Å². The van der Waals surface area contributed by atoms with Crippen LogP contribution in [0.3, 0.4) is 0 Å². The summed E-state index contributed by atoms with van der Waals surface area (Å²) in [7, 11) is 0. The lowest BCUT2D eigenvalue weighted by molar-refractivity contribution is 0.101. The molecule has 1 heteroatoms. The van der Waals surface area contributed by atoms with Crippen molar-refractivity contribution in [2.24, 2.45) is 28.6 Å². The Morgan fingerprint density at radius 1 is 1.00 bits per heavy atom. The van der Waals surface area contributed by atoms with Gasteiger partial charge in [0.25, 0.3) is 0 Å². The summed E-state index contributed by atoms with van der Waals surface area (Å²) >= 11 is 0. The first-order valence-corrected chi connectivity index (χ1v) is 8.65. The summed E-state index contributed by atoms with van der Waals surface area (Å²) in [5, 5.41) is 4.03. The summed E-state index contributed by atoms with van der Waals surface area (Å²) in [5.74, 6) is 2.91. The molecule has 3 aliphatic carbocycles. The van der Waals surface area contributed by atoms with Crippen LogP contribution in [-0.2, 0) is 0 Å². The summed E-state index contributed by atoms with van der Waals surface area (Å²) in [4.78, 5) is 0. The van der Waals surface area contributed by atoms with E-state index in [1.165, 1.54) is 51.5 Å². The molecular formula is C18H33N. The lowest BCUT2D eigenvalue weighted by Gasteiger charge is -2.44. The van der Waals surface area contributed by atoms with Crippen molar-refractivity contribution in [3.63, 3.8) is 0 Å². The maximum absolute atomic E-state index is 4.03. The van der Waals surface area contributed by atoms with Gasteiger partial charge in [0.2, 0.25) is 0 Å². The van der Waals surface area contributed by atoms with Gasteiger partial charge in [-0.1, -0.05) is 40.5 Å². The third-order valence-electron chi connectivity index (χ3n) is 7.02. The second kappa shape index (κ2) is 4.76. The van der Waals surface area contributed by atoms with Gasteiger partial charge in [-0.05, 0) is 67.2 Å². The highest BCUT2D eigenvalue weighted by atomic mass is 15.0. The van der Waals surface area contributed by atoms with Crippen molar-refractivity contribution in [2.75, 3.05) is 6.54 Å². The van der Waals surface area contributed by atoms with Crippen LogP contribution < -0.4 is 5.32 Å². The molecule has 19 heavy (non-hydrogen) atoms. The van der Waals surface area contributed by atoms with E-state index >= 15 is 0 Å². The molecule has 0 saturated heterocycles. The largest absolute Gasteiger partial charge is 0.313 e. The number of hydrogen-bond donors (Lipinski definition) is 1. The fourth-order valence-corrected chi connectivity index (χ4v) is 5.63. The van der Waals surface area contributed by atoms with E-state index in [1.807, 2.05) is 0 Å². The van der Waals surface area contributed by atoms with Crippen molar-refractivity contribution < 1.29 is 0 Å². The first kappa shape index (κ1) is 13.9. The van der Waals surface area contributed by atoms with E-state index < -0.39 is 0 Å². The molecule has 2 bridgehead atoms. The molecule has 0 spiro atoms. The standard InChI is InChI=1S/C18H33N/c1-13-5-7-14(8-6-13)12-19-16-17(2,3)15-9-10-18(16,4)11-15/h13-16,19H,5-12H2,1-4H3/t13?,14?,15-,16?,18+/m0/s1. The van der Waals surface area contributed by atoms with Gasteiger partial charge in [-0.25, -0.2) is 0 Å². The van der Waals surface area contributed by atoms with E-state index in [9.17, 15) is 0 Å². The van der Waals surface area contributed by atoms with Crippen LogP contribution in [0.2, 0.25) is 0 Å². The van der Waals surface area contributed by atoms with Gasteiger partial charge >= 0.3 is 0 Å². The quantitative estimate of drug-likeness (QED) is 0.783. The molecule has 3 rings (SSSR count). The lowest BCUT2D eigenvalue weighted by atomic mass is 9.68. The highest BCUT2D eigenvalue weighted by Gasteiger charge is 2.58. The molecule has 3 atom stereocenters. The van der Waals surface area contributed by atoms with Crippen LogP contribution in [0.5, 0.6) is 0 Å². The molecule has 1 nitrogen and oxygen atoms in total. The Morgan fingerprint density at radius 3 is 2.26 bits per heavy atom. The minimum atomic E-state index is 0.523. The van der Waals surface area contributed by atoms with Gasteiger partial charge in [-0.2, -0.15) is 0 Å². The average molecular weight is 263 g/mol. The minimum absolute atomic E-state index is 0.523. The predicted octanol–water partition coefficient (Wildman–Crippen LogP) is 4.62. The fraction of sp³-hybridized carbons (Fsp3) is 1.00. The van der Waals surface area contributed by atoms with Crippen LogP contribution in [0.25, 0.3) is 0 Å². The zero-order valence-corrected chi connectivity index (χ0v) is 13.5. The van der Waals surface area contributed by atoms with Crippen LogP contribution in [0, 0.1) is 28.6 Å². The van der Waals surface area contributed by atoms with Crippen molar-refractivity contribution in [2.45, 2.75) is 78.7 Å². The van der Waals surface area contributed by atoms with Crippen LogP contribution in [0.4, 0.5) is 0 Å². The topological polar surface area (TPSA) is 12.0 Å². The second-order valence-corrected chi connectivity index (χ2v) is 8.88. The van der Waals surface area contributed by atoms with Gasteiger partial charge in [0.1, 0.15) is 0 Å². The molecule has 0 aliphatic heterocycles. The Hall–Kier alpha value is -0.0400. The van der Waals surface area contributed by atoms with E-state index in [4.69, 9.17) is 0 Å². The summed E-state index contributed by atoms with van der Waals surface area (Å²) < 4.78 is 0. The smallest absolute Gasteiger partial charge is 0.0175 e. The van der Waals surface area contributed by atoms with Gasteiger partial charge in [0.05, 0.1) is 0 Å². The van der Waals surface area contributed by atoms with E-state index in [-0.39, 0.29) is 0 Å². The Labute approximate surface area is 119 Å². The Kier molecular flexibility index (Phi) is 3.48. The molecule has 1 N–H and O–H groups in total. The maximum Gasteiger partial charge on any atom is 0.0175 e. The second-order valence-electron chi connectivity index (χ2n) is 8.88. The summed E-state index contributed by atoms with van der Waals surface area (Å²) in [6.07, 6.45) is 10.2. The number of hydrogen-bond acceptors (Lipinski definition) is 1. The molecule has 0 aromatic heterocycles. The molecular weight excluding hydrogens is 230 g/mol. The van der Waals surface area contributed by atoms with E-state index in [2.05, 4.69) is 33.0 Å². The molecule has 0 amide bonds. The van der Waals surface area contributed by atoms with Crippen LogP contribution in [-0.4, -0.2) is 12.6 Å². The van der Waals surface area contributed by atoms with Crippen molar-refractivity contribution in [3.8, 4) is 0 Å². The molecule has 0 heterocycles. The van der Waals surface area contributed by atoms with Gasteiger partial charge < -0.3 is 5.32 Å². The zero-order chi connectivity index (χ0) is 13.7. The SMILES string of the molecule is CC1CCC(CNC2C(C)(C)[C@H]3CC[C@]2(C)C3)CC1. The van der Waals surface area contributed by atoms with Gasteiger partial charge in [-0.3, -0.25) is 0 Å². The highest BCUT2D eigenvalue weighted by Crippen LogP contribution is 2.62. The van der Waals surface area contributed by atoms with Crippen molar-refractivity contribution >= 4 is 0 Å². The van der Waals surface area contributed by atoms with Gasteiger partial charge in [0, 0.05) is 6.04 Å². The van der Waals surface area contributed by atoms with Crippen molar-refractivity contribution in [1.29, 1.82) is 0 Å². The van der Waals surface area contributed by atoms with E-state index in [0.717, 1.165) is 23.8 Å². The van der Waals surface area contributed by atoms with Gasteiger partial charge in [0.15, 0.2) is 0 Å². The number of rotatable bonds is 3. The first-order valence-electron chi connectivity index (χ1n) is 8.65. The zero-order valence-electron chi connectivity index (χ0n) is 13.5.